The Kier molecular flexibility index (Phi) is 6.73. The van der Waals surface area contributed by atoms with Crippen molar-refractivity contribution in [1.29, 1.82) is 0 Å². The lowest BCUT2D eigenvalue weighted by Gasteiger charge is -2.18. The van der Waals surface area contributed by atoms with Crippen LogP contribution in [0.2, 0.25) is 0 Å². The standard InChI is InChI=1S/C14H20F2O3/c1-10(2)19-13-6-4-3-5-11(13)12(17)7-8-18-9-14(15)16/h3-6,10,12,14,17H,7-9H2,1-2H3. The highest BCUT2D eigenvalue weighted by Gasteiger charge is 2.14. The zero-order chi connectivity index (χ0) is 14.3. The molecule has 0 fully saturated rings. The number of hydrogen-bond acceptors (Lipinski definition) is 3. The summed E-state index contributed by atoms with van der Waals surface area (Å²) in [5, 5.41) is 10.0. The van der Waals surface area contributed by atoms with Crippen LogP contribution in [0.1, 0.15) is 31.9 Å². The van der Waals surface area contributed by atoms with Crippen LogP contribution in [0.25, 0.3) is 0 Å². The average Bonchev–Trinajstić information content (AvgIpc) is 2.34. The molecule has 5 heteroatoms. The summed E-state index contributed by atoms with van der Waals surface area (Å²) in [6.45, 7) is 3.28. The molecule has 1 aromatic rings. The van der Waals surface area contributed by atoms with Crippen LogP contribution in [0, 0.1) is 0 Å². The molecule has 0 heterocycles. The fourth-order valence-electron chi connectivity index (χ4n) is 1.64. The van der Waals surface area contributed by atoms with Crippen LogP contribution in [0.4, 0.5) is 8.78 Å². The summed E-state index contributed by atoms with van der Waals surface area (Å²) < 4.78 is 34.1. The number of ether oxygens (including phenoxy) is 2. The number of rotatable bonds is 8. The third-order valence-corrected chi connectivity index (χ3v) is 2.42. The molecule has 0 saturated carbocycles. The molecule has 1 unspecified atom stereocenters. The molecule has 1 N–H and O–H groups in total. The summed E-state index contributed by atoms with van der Waals surface area (Å²) in [7, 11) is 0. The molecule has 0 aliphatic heterocycles. The van der Waals surface area contributed by atoms with E-state index in [-0.39, 0.29) is 19.1 Å². The van der Waals surface area contributed by atoms with Gasteiger partial charge in [-0.2, -0.15) is 0 Å². The molecule has 0 saturated heterocycles. The van der Waals surface area contributed by atoms with E-state index in [4.69, 9.17) is 9.47 Å². The molecule has 19 heavy (non-hydrogen) atoms. The van der Waals surface area contributed by atoms with Gasteiger partial charge in [0.25, 0.3) is 6.43 Å². The van der Waals surface area contributed by atoms with Gasteiger partial charge in [-0.25, -0.2) is 8.78 Å². The SMILES string of the molecule is CC(C)Oc1ccccc1C(O)CCOCC(F)F. The van der Waals surface area contributed by atoms with Crippen molar-refractivity contribution >= 4 is 0 Å². The Bertz CT molecular complexity index is 369. The quantitative estimate of drug-likeness (QED) is 0.740. The summed E-state index contributed by atoms with van der Waals surface area (Å²) in [5.74, 6) is 0.610. The average molecular weight is 274 g/mol. The van der Waals surface area contributed by atoms with E-state index in [1.165, 1.54) is 0 Å². The molecule has 0 amide bonds. The van der Waals surface area contributed by atoms with Gasteiger partial charge in [-0.15, -0.1) is 0 Å². The maximum atomic E-state index is 11.9. The van der Waals surface area contributed by atoms with E-state index in [2.05, 4.69) is 0 Å². The lowest BCUT2D eigenvalue weighted by molar-refractivity contribution is 0.00447. The lowest BCUT2D eigenvalue weighted by Crippen LogP contribution is -2.11. The summed E-state index contributed by atoms with van der Waals surface area (Å²) in [6, 6.07) is 7.15. The zero-order valence-electron chi connectivity index (χ0n) is 11.2. The van der Waals surface area contributed by atoms with Crippen molar-refractivity contribution in [2.45, 2.75) is 38.9 Å². The fourth-order valence-corrected chi connectivity index (χ4v) is 1.64. The molecule has 0 aliphatic carbocycles. The number of benzene rings is 1. The Labute approximate surface area is 112 Å². The monoisotopic (exact) mass is 274 g/mol. The van der Waals surface area contributed by atoms with Crippen molar-refractivity contribution < 1.29 is 23.4 Å². The molecular formula is C14H20F2O3. The van der Waals surface area contributed by atoms with Gasteiger partial charge in [0.1, 0.15) is 12.4 Å². The van der Waals surface area contributed by atoms with Gasteiger partial charge in [-0.05, 0) is 19.9 Å². The van der Waals surface area contributed by atoms with Gasteiger partial charge >= 0.3 is 0 Å². The van der Waals surface area contributed by atoms with E-state index in [1.807, 2.05) is 19.9 Å². The predicted molar refractivity (Wildman–Crippen MR) is 68.6 cm³/mol. The molecule has 3 nitrogen and oxygen atoms in total. The minimum Gasteiger partial charge on any atom is -0.491 e. The molecule has 0 aromatic heterocycles. The Hall–Kier alpha value is -1.20. The van der Waals surface area contributed by atoms with E-state index in [0.717, 1.165) is 0 Å². The van der Waals surface area contributed by atoms with Gasteiger partial charge in [-0.3, -0.25) is 0 Å². The Balaban J connectivity index is 2.53. The van der Waals surface area contributed by atoms with Crippen molar-refractivity contribution in [3.63, 3.8) is 0 Å². The molecule has 0 bridgehead atoms. The summed E-state index contributed by atoms with van der Waals surface area (Å²) in [5.41, 5.74) is 0.650. The Morgan fingerprint density at radius 2 is 1.89 bits per heavy atom. The van der Waals surface area contributed by atoms with E-state index in [1.54, 1.807) is 18.2 Å². The first kappa shape index (κ1) is 15.9. The van der Waals surface area contributed by atoms with Crippen LogP contribution in [0.3, 0.4) is 0 Å². The molecule has 0 spiro atoms. The predicted octanol–water partition coefficient (Wildman–Crippen LogP) is 3.18. The van der Waals surface area contributed by atoms with Crippen LogP contribution in [-0.2, 0) is 4.74 Å². The highest BCUT2D eigenvalue weighted by Crippen LogP contribution is 2.27. The Morgan fingerprint density at radius 3 is 2.53 bits per heavy atom. The smallest absolute Gasteiger partial charge is 0.261 e. The van der Waals surface area contributed by atoms with Gasteiger partial charge in [0.05, 0.1) is 12.2 Å². The maximum absolute atomic E-state index is 11.9. The summed E-state index contributed by atoms with van der Waals surface area (Å²) in [6.07, 6.45) is -3.00. The number of hydrogen-bond donors (Lipinski definition) is 1. The first-order chi connectivity index (χ1) is 9.00. The number of alkyl halides is 2. The van der Waals surface area contributed by atoms with Gasteiger partial charge in [0.15, 0.2) is 0 Å². The van der Waals surface area contributed by atoms with E-state index >= 15 is 0 Å². The third kappa shape index (κ3) is 5.98. The largest absolute Gasteiger partial charge is 0.491 e. The van der Waals surface area contributed by atoms with Gasteiger partial charge in [0.2, 0.25) is 0 Å². The number of aliphatic hydroxyl groups excluding tert-OH is 1. The number of para-hydroxylation sites is 1. The molecule has 1 rings (SSSR count). The second-order valence-electron chi connectivity index (χ2n) is 4.47. The van der Waals surface area contributed by atoms with Crippen molar-refractivity contribution in [1.82, 2.24) is 0 Å². The molecule has 108 valence electrons. The van der Waals surface area contributed by atoms with Crippen molar-refractivity contribution in [3.05, 3.63) is 29.8 Å². The van der Waals surface area contributed by atoms with Gasteiger partial charge < -0.3 is 14.6 Å². The second kappa shape index (κ2) is 8.07. The number of aliphatic hydroxyl groups is 1. The minimum atomic E-state index is -2.48. The molecule has 0 aliphatic rings. The molecular weight excluding hydrogens is 254 g/mol. The highest BCUT2D eigenvalue weighted by molar-refractivity contribution is 5.35. The normalized spacial score (nSPS) is 13.0. The van der Waals surface area contributed by atoms with Gasteiger partial charge in [-0.1, -0.05) is 18.2 Å². The van der Waals surface area contributed by atoms with Crippen molar-refractivity contribution in [3.8, 4) is 5.75 Å². The topological polar surface area (TPSA) is 38.7 Å². The minimum absolute atomic E-state index is 0.00318. The zero-order valence-corrected chi connectivity index (χ0v) is 11.2. The van der Waals surface area contributed by atoms with Crippen molar-refractivity contribution in [2.24, 2.45) is 0 Å². The maximum Gasteiger partial charge on any atom is 0.261 e. The van der Waals surface area contributed by atoms with Crippen LogP contribution in [0.5, 0.6) is 5.75 Å². The first-order valence-corrected chi connectivity index (χ1v) is 6.30. The summed E-state index contributed by atoms with van der Waals surface area (Å²) >= 11 is 0. The van der Waals surface area contributed by atoms with E-state index in [0.29, 0.717) is 11.3 Å². The van der Waals surface area contributed by atoms with Crippen molar-refractivity contribution in [2.75, 3.05) is 13.2 Å². The Morgan fingerprint density at radius 1 is 1.21 bits per heavy atom. The lowest BCUT2D eigenvalue weighted by atomic mass is 10.1. The number of halogens is 2. The van der Waals surface area contributed by atoms with E-state index in [9.17, 15) is 13.9 Å². The summed E-state index contributed by atoms with van der Waals surface area (Å²) in [4.78, 5) is 0. The van der Waals surface area contributed by atoms with E-state index < -0.39 is 19.1 Å². The molecule has 0 radical (unpaired) electrons. The highest BCUT2D eigenvalue weighted by atomic mass is 19.3. The van der Waals surface area contributed by atoms with Crippen LogP contribution in [0.15, 0.2) is 24.3 Å². The molecule has 1 aromatic carbocycles. The van der Waals surface area contributed by atoms with Gasteiger partial charge in [0, 0.05) is 18.6 Å². The molecule has 1 atom stereocenters. The fraction of sp³-hybridized carbons (Fsp3) is 0.571. The first-order valence-electron chi connectivity index (χ1n) is 6.30. The third-order valence-electron chi connectivity index (χ3n) is 2.42. The van der Waals surface area contributed by atoms with Crippen LogP contribution < -0.4 is 4.74 Å². The second-order valence-corrected chi connectivity index (χ2v) is 4.47. The van der Waals surface area contributed by atoms with Crippen LogP contribution >= 0.6 is 0 Å². The van der Waals surface area contributed by atoms with Crippen LogP contribution in [-0.4, -0.2) is 30.8 Å².